The van der Waals surface area contributed by atoms with Gasteiger partial charge in [0.1, 0.15) is 35.0 Å². The largest absolute Gasteiger partial charge is 0.507 e. The van der Waals surface area contributed by atoms with E-state index in [0.29, 0.717) is 49.7 Å². The van der Waals surface area contributed by atoms with Gasteiger partial charge in [0.15, 0.2) is 5.43 Å². The minimum atomic E-state index is -1.42. The second kappa shape index (κ2) is 23.0. The first kappa shape index (κ1) is 54.3. The number of anilines is 1. The maximum atomic E-state index is 13.8. The Balaban J connectivity index is 0.956. The minimum absolute atomic E-state index is 0.0309. The second-order valence-corrected chi connectivity index (χ2v) is 19.0. The number of hydrogen-bond donors (Lipinski definition) is 6. The number of nitrogens with zero attached hydrogens (tertiary/aromatic N) is 2. The summed E-state index contributed by atoms with van der Waals surface area (Å²) in [6.45, 7) is 1.85. The number of ether oxygens (including phenoxy) is 1. The van der Waals surface area contributed by atoms with Crippen LogP contribution in [0.1, 0.15) is 69.8 Å². The fourth-order valence-electron chi connectivity index (χ4n) is 9.17. The van der Waals surface area contributed by atoms with Gasteiger partial charge in [0.05, 0.1) is 50.8 Å². The molecule has 79 heavy (non-hydrogen) atoms. The molecule has 0 atom stereocenters. The van der Waals surface area contributed by atoms with E-state index in [4.69, 9.17) is 36.8 Å². The molecule has 0 spiro atoms. The van der Waals surface area contributed by atoms with Crippen molar-refractivity contribution in [2.24, 2.45) is 4.99 Å². The number of phenolic OH excluding ortho intramolecular Hbond substituents is 1. The van der Waals surface area contributed by atoms with Crippen LogP contribution in [0.5, 0.6) is 5.75 Å². The molecule has 5 aromatic carbocycles. The number of halogens is 2. The Morgan fingerprint density at radius 1 is 0.684 bits per heavy atom. The fraction of sp³-hybridized carbons (Fsp3) is 0.150. The molecule has 17 nitrogen and oxygen atoms in total. The van der Waals surface area contributed by atoms with Crippen molar-refractivity contribution in [3.05, 3.63) is 180 Å². The van der Waals surface area contributed by atoms with Crippen LogP contribution < -0.4 is 31.6 Å². The lowest BCUT2D eigenvalue weighted by Gasteiger charge is -2.21. The maximum absolute atomic E-state index is 13.8. The van der Waals surface area contributed by atoms with Gasteiger partial charge in [-0.15, -0.1) is 5.92 Å². The Morgan fingerprint density at radius 3 is 2.10 bits per heavy atom. The number of nitrogens with one attached hydrogen (secondary N) is 3. The van der Waals surface area contributed by atoms with Crippen molar-refractivity contribution in [3.63, 3.8) is 0 Å². The standard InChI is InChI=1S/C60H47Cl2N5O12/c1-5-6-22-77-23-21-64-57(71)33-11-15-37(59(73)74)42(24-33)50-38-18-14-36(68)27-49(38)79-55-41(50)19-20-46(69)44(55)30-66-56(70)32-9-7-31(8-10-32)29-65-58(72)43-28-45(61)52(53(54(43)62)60(75)76)51-39-16-12-34(63-2)25-47(39)78-48-26-35(67(3)4)13-17-40(48)51/h7-20,24-28,69H,21-23,29-30H2,1-4H3,(H,64,71)(H,65,72)(H,66,70)(H,73,74)(H,75,76). The summed E-state index contributed by atoms with van der Waals surface area (Å²) < 4.78 is 18.0. The number of benzene rings is 7. The van der Waals surface area contributed by atoms with E-state index in [1.54, 1.807) is 50.4 Å². The molecule has 19 heteroatoms. The van der Waals surface area contributed by atoms with E-state index in [1.807, 2.05) is 31.1 Å². The van der Waals surface area contributed by atoms with Crippen molar-refractivity contribution < 1.29 is 52.9 Å². The molecule has 2 heterocycles. The number of carbonyl (C=O) groups is 5. The molecule has 0 saturated heterocycles. The summed E-state index contributed by atoms with van der Waals surface area (Å²) in [4.78, 5) is 85.6. The lowest BCUT2D eigenvalue weighted by molar-refractivity contribution is 0.0686. The van der Waals surface area contributed by atoms with Crippen LogP contribution in [0.15, 0.2) is 134 Å². The van der Waals surface area contributed by atoms with Crippen molar-refractivity contribution >= 4 is 80.5 Å². The molecule has 5 aromatic rings. The van der Waals surface area contributed by atoms with Crippen molar-refractivity contribution in [3.8, 4) is 62.5 Å². The van der Waals surface area contributed by atoms with Gasteiger partial charge in [-0.2, -0.15) is 0 Å². The summed E-state index contributed by atoms with van der Waals surface area (Å²) in [6.07, 6.45) is 0. The Kier molecular flexibility index (Phi) is 15.8. The number of aromatic hydroxyl groups is 1. The molecular formula is C60H47Cl2N5O12. The zero-order valence-electron chi connectivity index (χ0n) is 42.7. The number of rotatable bonds is 16. The smallest absolute Gasteiger partial charge is 0.337 e. The van der Waals surface area contributed by atoms with Gasteiger partial charge in [-0.3, -0.25) is 24.2 Å². The van der Waals surface area contributed by atoms with Crippen LogP contribution in [0.3, 0.4) is 0 Å². The number of carbonyl (C=O) groups excluding carboxylic acids is 3. The van der Waals surface area contributed by atoms with E-state index in [1.165, 1.54) is 66.7 Å². The van der Waals surface area contributed by atoms with Gasteiger partial charge in [-0.05, 0) is 103 Å². The van der Waals surface area contributed by atoms with E-state index in [0.717, 1.165) is 5.69 Å². The third-order valence-electron chi connectivity index (χ3n) is 13.1. The SMILES string of the molecule is CC#CCOCCNC(=O)c1ccc(C(=O)O)c(-c2c3ccc(=O)cc-3oc3c(CNC(=O)c4ccc(CNC(=O)c5cc(Cl)c(-c6c7ccc(=NC)cc-7oc7cc(N(C)C)ccc67)c(C(=O)O)c5Cl)cc4)c(O)ccc23)c1. The van der Waals surface area contributed by atoms with Gasteiger partial charge in [-0.1, -0.05) is 41.3 Å². The number of carboxylic acids is 2. The molecule has 0 unspecified atom stereocenters. The van der Waals surface area contributed by atoms with Crippen molar-refractivity contribution in [2.75, 3.05) is 45.8 Å². The predicted molar refractivity (Wildman–Crippen MR) is 300 cm³/mol. The van der Waals surface area contributed by atoms with Gasteiger partial charge in [0.2, 0.25) is 0 Å². The summed E-state index contributed by atoms with van der Waals surface area (Å²) in [5.41, 5.74) is 2.93. The van der Waals surface area contributed by atoms with Crippen molar-refractivity contribution in [2.45, 2.75) is 20.0 Å². The molecule has 0 aromatic heterocycles. The first-order valence-corrected chi connectivity index (χ1v) is 25.1. The molecule has 6 N–H and O–H groups in total. The average molecular weight is 1100 g/mol. The number of carboxylic acid groups (broad SMARTS) is 2. The van der Waals surface area contributed by atoms with E-state index in [2.05, 4.69) is 32.8 Å². The Bertz CT molecular complexity index is 4100. The summed E-state index contributed by atoms with van der Waals surface area (Å²) in [5.74, 6) is 1.15. The van der Waals surface area contributed by atoms with Crippen molar-refractivity contribution in [1.82, 2.24) is 16.0 Å². The first-order chi connectivity index (χ1) is 38.0. The molecule has 9 rings (SSSR count). The Labute approximate surface area is 460 Å². The van der Waals surface area contributed by atoms with Crippen LogP contribution in [-0.2, 0) is 17.8 Å². The number of hydrogen-bond acceptors (Lipinski definition) is 12. The number of fused-ring (bicyclic) bond motifs is 4. The molecule has 0 bridgehead atoms. The summed E-state index contributed by atoms with van der Waals surface area (Å²) in [7, 11) is 5.39. The molecule has 3 amide bonds. The van der Waals surface area contributed by atoms with E-state index >= 15 is 0 Å². The van der Waals surface area contributed by atoms with Crippen LogP contribution in [0.2, 0.25) is 10.0 Å². The highest BCUT2D eigenvalue weighted by molar-refractivity contribution is 6.41. The molecule has 0 fully saturated rings. The topological polar surface area (TPSA) is 250 Å². The third kappa shape index (κ3) is 11.1. The monoisotopic (exact) mass is 1100 g/mol. The summed E-state index contributed by atoms with van der Waals surface area (Å²) >= 11 is 13.8. The number of phenols is 1. The molecule has 0 radical (unpaired) electrons. The lowest BCUT2D eigenvalue weighted by atomic mass is 9.88. The normalized spacial score (nSPS) is 11.4. The molecule has 0 saturated carbocycles. The average Bonchev–Trinajstić information content (AvgIpc) is 3.61. The number of amides is 3. The second-order valence-electron chi connectivity index (χ2n) is 18.2. The van der Waals surface area contributed by atoms with Crippen LogP contribution in [0.25, 0.3) is 66.8 Å². The predicted octanol–water partition coefficient (Wildman–Crippen LogP) is 9.72. The van der Waals surface area contributed by atoms with Crippen molar-refractivity contribution in [1.29, 1.82) is 0 Å². The number of aromatic carboxylic acids is 2. The highest BCUT2D eigenvalue weighted by Gasteiger charge is 2.30. The van der Waals surface area contributed by atoms with Crippen LogP contribution >= 0.6 is 23.2 Å². The zero-order valence-corrected chi connectivity index (χ0v) is 44.2. The van der Waals surface area contributed by atoms with E-state index in [9.17, 15) is 44.1 Å². The molecule has 2 aliphatic carbocycles. The Hall–Kier alpha value is -9.47. The molecular weight excluding hydrogens is 1050 g/mol. The Morgan fingerprint density at radius 2 is 1.38 bits per heavy atom. The van der Waals surface area contributed by atoms with Gasteiger partial charge < -0.3 is 49.7 Å². The fourth-order valence-corrected chi connectivity index (χ4v) is 9.78. The van der Waals surface area contributed by atoms with E-state index < -0.39 is 40.7 Å². The summed E-state index contributed by atoms with van der Waals surface area (Å²) in [6, 6.07) is 29.2. The highest BCUT2D eigenvalue weighted by Crippen LogP contribution is 2.48. The van der Waals surface area contributed by atoms with Crippen LogP contribution in [0.4, 0.5) is 5.69 Å². The minimum Gasteiger partial charge on any atom is -0.507 e. The first-order valence-electron chi connectivity index (χ1n) is 24.3. The molecule has 398 valence electrons. The van der Waals surface area contributed by atoms with Crippen LogP contribution in [-0.4, -0.2) is 85.9 Å². The van der Waals surface area contributed by atoms with E-state index in [-0.39, 0.29) is 104 Å². The third-order valence-corrected chi connectivity index (χ3v) is 13.8. The lowest BCUT2D eigenvalue weighted by Crippen LogP contribution is -2.27. The zero-order chi connectivity index (χ0) is 56.2. The van der Waals surface area contributed by atoms with Crippen LogP contribution in [0, 0.1) is 11.8 Å². The van der Waals surface area contributed by atoms with Gasteiger partial charge >= 0.3 is 11.9 Å². The quantitative estimate of drug-likeness (QED) is 0.0300. The summed E-state index contributed by atoms with van der Waals surface area (Å²) in [5, 5.41) is 41.7. The molecule has 4 aliphatic rings. The van der Waals surface area contributed by atoms with Gasteiger partial charge in [0.25, 0.3) is 17.7 Å². The van der Waals surface area contributed by atoms with Gasteiger partial charge in [-0.25, -0.2) is 9.59 Å². The molecule has 2 aliphatic heterocycles. The highest BCUT2D eigenvalue weighted by atomic mass is 35.5. The maximum Gasteiger partial charge on any atom is 0.337 e. The van der Waals surface area contributed by atoms with Gasteiger partial charge in [0, 0.05) is 108 Å².